The Morgan fingerprint density at radius 3 is 2.26 bits per heavy atom. The van der Waals surface area contributed by atoms with Gasteiger partial charge in [-0.3, -0.25) is 9.89 Å². The van der Waals surface area contributed by atoms with E-state index in [0.29, 0.717) is 12.5 Å². The maximum atomic E-state index is 12.1. The Balaban J connectivity index is 0.00000484. The zero-order chi connectivity index (χ0) is 16.6. The van der Waals surface area contributed by atoms with Crippen LogP contribution in [0.15, 0.2) is 4.99 Å². The summed E-state index contributed by atoms with van der Waals surface area (Å²) in [5.41, 5.74) is 0. The molecule has 1 saturated heterocycles. The number of alkyl halides is 3. The van der Waals surface area contributed by atoms with E-state index in [1.54, 1.807) is 7.05 Å². The Labute approximate surface area is 153 Å². The second-order valence-electron chi connectivity index (χ2n) is 5.66. The van der Waals surface area contributed by atoms with Gasteiger partial charge in [0, 0.05) is 39.8 Å². The maximum absolute atomic E-state index is 12.1. The molecule has 9 heteroatoms. The van der Waals surface area contributed by atoms with Crippen LogP contribution in [-0.4, -0.2) is 69.0 Å². The minimum atomic E-state index is -4.14. The molecule has 0 bridgehead atoms. The lowest BCUT2D eigenvalue weighted by Gasteiger charge is -2.35. The number of hydrogen-bond acceptors (Lipinski definition) is 3. The first kappa shape index (κ1) is 22.7. The third-order valence-electron chi connectivity index (χ3n) is 3.36. The molecule has 2 atom stereocenters. The highest BCUT2D eigenvalue weighted by Crippen LogP contribution is 2.18. The lowest BCUT2D eigenvalue weighted by Crippen LogP contribution is -2.46. The number of guanidine groups is 1. The highest BCUT2D eigenvalue weighted by Gasteiger charge is 2.26. The molecule has 138 valence electrons. The van der Waals surface area contributed by atoms with Gasteiger partial charge in [-0.05, 0) is 20.3 Å². The van der Waals surface area contributed by atoms with Crippen molar-refractivity contribution in [3.8, 4) is 0 Å². The summed E-state index contributed by atoms with van der Waals surface area (Å²) >= 11 is 0. The molecule has 2 N–H and O–H groups in total. The van der Waals surface area contributed by atoms with Crippen LogP contribution in [0.3, 0.4) is 0 Å². The SMILES string of the molecule is CN=C(NCCCN1CC(C)OC(C)C1)NCCC(F)(F)F.I. The van der Waals surface area contributed by atoms with Crippen molar-refractivity contribution < 1.29 is 17.9 Å². The van der Waals surface area contributed by atoms with Crippen molar-refractivity contribution >= 4 is 29.9 Å². The second kappa shape index (κ2) is 11.3. The first-order chi connectivity index (χ1) is 10.3. The average molecular weight is 452 g/mol. The van der Waals surface area contributed by atoms with Crippen molar-refractivity contribution in [2.24, 2.45) is 4.99 Å². The van der Waals surface area contributed by atoms with E-state index in [1.165, 1.54) is 0 Å². The minimum absolute atomic E-state index is 0. The lowest BCUT2D eigenvalue weighted by atomic mass is 10.2. The summed E-state index contributed by atoms with van der Waals surface area (Å²) < 4.78 is 41.9. The summed E-state index contributed by atoms with van der Waals surface area (Å²) in [6.45, 7) is 7.41. The summed E-state index contributed by atoms with van der Waals surface area (Å²) in [4.78, 5) is 6.26. The summed E-state index contributed by atoms with van der Waals surface area (Å²) in [6, 6.07) is 0. The molecule has 1 aliphatic heterocycles. The molecular formula is C14H28F3IN4O. The van der Waals surface area contributed by atoms with E-state index in [4.69, 9.17) is 4.74 Å². The van der Waals surface area contributed by atoms with Gasteiger partial charge in [0.05, 0.1) is 18.6 Å². The third-order valence-corrected chi connectivity index (χ3v) is 3.36. The van der Waals surface area contributed by atoms with E-state index in [1.807, 2.05) is 0 Å². The molecule has 0 saturated carbocycles. The molecule has 1 heterocycles. The molecule has 0 spiro atoms. The van der Waals surface area contributed by atoms with Crippen molar-refractivity contribution in [1.29, 1.82) is 0 Å². The quantitative estimate of drug-likeness (QED) is 0.281. The number of rotatable bonds is 6. The Morgan fingerprint density at radius 2 is 1.74 bits per heavy atom. The third kappa shape index (κ3) is 11.0. The van der Waals surface area contributed by atoms with E-state index < -0.39 is 12.6 Å². The first-order valence-corrected chi connectivity index (χ1v) is 7.69. The van der Waals surface area contributed by atoms with E-state index in [0.717, 1.165) is 26.1 Å². The Kier molecular flexibility index (Phi) is 11.2. The van der Waals surface area contributed by atoms with Crippen LogP contribution < -0.4 is 10.6 Å². The molecule has 2 unspecified atom stereocenters. The fourth-order valence-electron chi connectivity index (χ4n) is 2.52. The number of nitrogens with zero attached hydrogens (tertiary/aromatic N) is 2. The van der Waals surface area contributed by atoms with E-state index in [-0.39, 0.29) is 42.7 Å². The number of hydrogen-bond donors (Lipinski definition) is 2. The highest BCUT2D eigenvalue weighted by molar-refractivity contribution is 14.0. The number of nitrogens with one attached hydrogen (secondary N) is 2. The molecular weight excluding hydrogens is 424 g/mol. The Bertz CT molecular complexity index is 345. The minimum Gasteiger partial charge on any atom is -0.373 e. The normalized spacial score (nSPS) is 23.3. The average Bonchev–Trinajstić information content (AvgIpc) is 2.39. The zero-order valence-corrected chi connectivity index (χ0v) is 16.3. The second-order valence-corrected chi connectivity index (χ2v) is 5.66. The Hall–Kier alpha value is -0.290. The van der Waals surface area contributed by atoms with Gasteiger partial charge in [0.2, 0.25) is 0 Å². The van der Waals surface area contributed by atoms with Crippen molar-refractivity contribution in [3.05, 3.63) is 0 Å². The van der Waals surface area contributed by atoms with Crippen molar-refractivity contribution in [3.63, 3.8) is 0 Å². The van der Waals surface area contributed by atoms with Gasteiger partial charge in [0.1, 0.15) is 0 Å². The monoisotopic (exact) mass is 452 g/mol. The van der Waals surface area contributed by atoms with Gasteiger partial charge >= 0.3 is 6.18 Å². The summed E-state index contributed by atoms with van der Waals surface area (Å²) in [5, 5.41) is 5.70. The van der Waals surface area contributed by atoms with Gasteiger partial charge in [0.25, 0.3) is 0 Å². The number of ether oxygens (including phenoxy) is 1. The van der Waals surface area contributed by atoms with Crippen LogP contribution in [0.2, 0.25) is 0 Å². The molecule has 0 radical (unpaired) electrons. The van der Waals surface area contributed by atoms with Crippen molar-refractivity contribution in [2.45, 2.75) is 45.1 Å². The molecule has 0 amide bonds. The van der Waals surface area contributed by atoms with Crippen LogP contribution >= 0.6 is 24.0 Å². The van der Waals surface area contributed by atoms with Crippen LogP contribution in [0.25, 0.3) is 0 Å². The van der Waals surface area contributed by atoms with E-state index in [9.17, 15) is 13.2 Å². The number of aliphatic imine (C=N–C) groups is 1. The van der Waals surface area contributed by atoms with Gasteiger partial charge in [-0.1, -0.05) is 0 Å². The molecule has 0 aliphatic carbocycles. The van der Waals surface area contributed by atoms with Crippen LogP contribution in [0.4, 0.5) is 13.2 Å². The van der Waals surface area contributed by atoms with Gasteiger partial charge in [-0.2, -0.15) is 13.2 Å². The van der Waals surface area contributed by atoms with E-state index >= 15 is 0 Å². The predicted molar refractivity (Wildman–Crippen MR) is 96.5 cm³/mol. The van der Waals surface area contributed by atoms with Crippen molar-refractivity contribution in [2.75, 3.05) is 39.8 Å². The fourth-order valence-corrected chi connectivity index (χ4v) is 2.52. The number of morpholine rings is 1. The molecule has 1 aliphatic rings. The van der Waals surface area contributed by atoms with Gasteiger partial charge in [-0.25, -0.2) is 0 Å². The largest absolute Gasteiger partial charge is 0.390 e. The molecule has 0 aromatic carbocycles. The van der Waals surface area contributed by atoms with Gasteiger partial charge < -0.3 is 15.4 Å². The summed E-state index contributed by atoms with van der Waals surface area (Å²) in [7, 11) is 1.55. The predicted octanol–water partition coefficient (Wildman–Crippen LogP) is 2.22. The fraction of sp³-hybridized carbons (Fsp3) is 0.929. The smallest absolute Gasteiger partial charge is 0.373 e. The molecule has 5 nitrogen and oxygen atoms in total. The van der Waals surface area contributed by atoms with Crippen LogP contribution in [0, 0.1) is 0 Å². The first-order valence-electron chi connectivity index (χ1n) is 7.69. The van der Waals surface area contributed by atoms with E-state index in [2.05, 4.69) is 34.4 Å². The summed E-state index contributed by atoms with van der Waals surface area (Å²) in [5.74, 6) is 0.410. The molecule has 0 aromatic heterocycles. The van der Waals surface area contributed by atoms with Gasteiger partial charge in [0.15, 0.2) is 5.96 Å². The topological polar surface area (TPSA) is 48.9 Å². The molecule has 1 rings (SSSR count). The maximum Gasteiger partial charge on any atom is 0.390 e. The van der Waals surface area contributed by atoms with Crippen LogP contribution in [0.1, 0.15) is 26.7 Å². The molecule has 1 fully saturated rings. The lowest BCUT2D eigenvalue weighted by molar-refractivity contribution is -0.132. The zero-order valence-electron chi connectivity index (χ0n) is 13.9. The molecule has 23 heavy (non-hydrogen) atoms. The Morgan fingerprint density at radius 1 is 1.17 bits per heavy atom. The van der Waals surface area contributed by atoms with Crippen molar-refractivity contribution in [1.82, 2.24) is 15.5 Å². The molecule has 0 aromatic rings. The van der Waals surface area contributed by atoms with Crippen LogP contribution in [-0.2, 0) is 4.74 Å². The van der Waals surface area contributed by atoms with Crippen LogP contribution in [0.5, 0.6) is 0 Å². The number of halogens is 4. The summed E-state index contributed by atoms with van der Waals surface area (Å²) in [6.07, 6.45) is -3.62. The standard InChI is InChI=1S/C14H27F3N4O.HI/c1-11-9-21(10-12(2)22-11)8-4-6-19-13(18-3)20-7-5-14(15,16)17;/h11-12H,4-10H2,1-3H3,(H2,18,19,20);1H. The highest BCUT2D eigenvalue weighted by atomic mass is 127. The van der Waals surface area contributed by atoms with Gasteiger partial charge in [-0.15, -0.1) is 24.0 Å².